The van der Waals surface area contributed by atoms with E-state index in [9.17, 15) is 19.5 Å². The first-order valence-electron chi connectivity index (χ1n) is 8.94. The number of carbonyl (C=O) groups is 3. The fourth-order valence-corrected chi connectivity index (χ4v) is 3.25. The van der Waals surface area contributed by atoms with Gasteiger partial charge < -0.3 is 19.4 Å². The lowest BCUT2D eigenvalue weighted by atomic mass is 10.1. The second-order valence-corrected chi connectivity index (χ2v) is 7.25. The molecular weight excluding hydrogens is 444 g/mol. The summed E-state index contributed by atoms with van der Waals surface area (Å²) in [5.74, 6) is -2.27. The summed E-state index contributed by atoms with van der Waals surface area (Å²) in [6.45, 7) is 1.32. The molecule has 2 aromatic carbocycles. The maximum atomic E-state index is 13.0. The van der Waals surface area contributed by atoms with E-state index in [2.05, 4.69) is 5.32 Å². The number of nitrogens with one attached hydrogen (secondary N) is 1. The van der Waals surface area contributed by atoms with E-state index in [0.29, 0.717) is 16.3 Å². The Balaban J connectivity index is 1.96. The second-order valence-electron chi connectivity index (χ2n) is 6.43. The minimum Gasteiger partial charge on any atom is -0.546 e. The molecule has 1 fully saturated rings. The summed E-state index contributed by atoms with van der Waals surface area (Å²) in [6.07, 6.45) is 0.168. The van der Waals surface area contributed by atoms with E-state index in [1.165, 1.54) is 37.1 Å². The highest BCUT2D eigenvalue weighted by molar-refractivity contribution is 7.80. The number of anilines is 1. The van der Waals surface area contributed by atoms with Crippen LogP contribution in [0.1, 0.15) is 12.5 Å². The van der Waals surface area contributed by atoms with Crippen molar-refractivity contribution in [3.05, 3.63) is 58.6 Å². The molecule has 1 aliphatic rings. The van der Waals surface area contributed by atoms with Crippen molar-refractivity contribution < 1.29 is 29.0 Å². The van der Waals surface area contributed by atoms with Crippen molar-refractivity contribution in [3.63, 3.8) is 0 Å². The minimum absolute atomic E-state index is 0.0630. The summed E-state index contributed by atoms with van der Waals surface area (Å²) in [4.78, 5) is 37.6. The number of carboxylic acids is 1. The third kappa shape index (κ3) is 4.84. The Labute approximate surface area is 188 Å². The SMILES string of the molecule is COc1cc(/C=C2\C(=O)NC(=S)N(c3cccc(Cl)c3)C2=O)ccc1O[C@@H](C)C(=O)[O-]. The number of methoxy groups -OCH3 is 1. The molecule has 160 valence electrons. The van der Waals surface area contributed by atoms with E-state index in [0.717, 1.165) is 0 Å². The van der Waals surface area contributed by atoms with Crippen LogP contribution in [-0.4, -0.2) is 36.1 Å². The summed E-state index contributed by atoms with van der Waals surface area (Å²) in [6, 6.07) is 11.0. The van der Waals surface area contributed by atoms with Crippen LogP contribution in [0.25, 0.3) is 6.08 Å². The zero-order valence-corrected chi connectivity index (χ0v) is 18.0. The Bertz CT molecular complexity index is 1120. The molecule has 10 heteroatoms. The van der Waals surface area contributed by atoms with Crippen molar-refractivity contribution in [2.45, 2.75) is 13.0 Å². The Hall–Kier alpha value is -3.43. The van der Waals surface area contributed by atoms with Crippen LogP contribution in [0.5, 0.6) is 11.5 Å². The van der Waals surface area contributed by atoms with Crippen molar-refractivity contribution in [2.75, 3.05) is 12.0 Å². The molecule has 8 nitrogen and oxygen atoms in total. The largest absolute Gasteiger partial charge is 0.546 e. The van der Waals surface area contributed by atoms with Gasteiger partial charge in [-0.15, -0.1) is 0 Å². The van der Waals surface area contributed by atoms with E-state index in [4.69, 9.17) is 33.3 Å². The van der Waals surface area contributed by atoms with Gasteiger partial charge in [0.05, 0.1) is 18.8 Å². The molecule has 2 amide bonds. The van der Waals surface area contributed by atoms with Crippen LogP contribution < -0.4 is 24.8 Å². The number of carboxylic acid groups (broad SMARTS) is 1. The van der Waals surface area contributed by atoms with Crippen molar-refractivity contribution in [1.82, 2.24) is 5.32 Å². The average molecular weight is 460 g/mol. The van der Waals surface area contributed by atoms with E-state index in [1.807, 2.05) is 0 Å². The van der Waals surface area contributed by atoms with E-state index >= 15 is 0 Å². The van der Waals surface area contributed by atoms with Gasteiger partial charge in [-0.05, 0) is 61.1 Å². The van der Waals surface area contributed by atoms with Gasteiger partial charge in [0.15, 0.2) is 16.6 Å². The smallest absolute Gasteiger partial charge is 0.270 e. The fraction of sp³-hybridized carbons (Fsp3) is 0.143. The number of amides is 2. The van der Waals surface area contributed by atoms with Crippen LogP contribution in [0.3, 0.4) is 0 Å². The zero-order valence-electron chi connectivity index (χ0n) is 16.4. The predicted octanol–water partition coefficient (Wildman–Crippen LogP) is 1.70. The van der Waals surface area contributed by atoms with Gasteiger partial charge in [0.1, 0.15) is 11.7 Å². The first-order chi connectivity index (χ1) is 14.7. The molecule has 0 saturated carbocycles. The maximum absolute atomic E-state index is 13.0. The quantitative estimate of drug-likeness (QED) is 0.398. The van der Waals surface area contributed by atoms with E-state index in [1.54, 1.807) is 30.3 Å². The standard InChI is InChI=1S/C21H17ClN2O6S/c1-11(20(27)28)30-16-7-6-12(9-17(16)29-2)8-15-18(25)23-21(31)24(19(15)26)14-5-3-4-13(22)10-14/h3-11H,1-2H3,(H,27,28)(H,23,25,31)/p-1/b15-8+/t11-/m0/s1. The first kappa shape index (κ1) is 22.3. The number of halogens is 1. The number of thiocarbonyl (C=S) groups is 1. The third-order valence-electron chi connectivity index (χ3n) is 4.30. The first-order valence-corrected chi connectivity index (χ1v) is 9.72. The lowest BCUT2D eigenvalue weighted by Gasteiger charge is -2.29. The molecule has 0 spiro atoms. The monoisotopic (exact) mass is 459 g/mol. The predicted molar refractivity (Wildman–Crippen MR) is 116 cm³/mol. The van der Waals surface area contributed by atoms with Crippen molar-refractivity contribution in [3.8, 4) is 11.5 Å². The molecule has 1 saturated heterocycles. The van der Waals surface area contributed by atoms with Crippen LogP contribution >= 0.6 is 23.8 Å². The normalized spacial score (nSPS) is 16.2. The summed E-state index contributed by atoms with van der Waals surface area (Å²) < 4.78 is 10.5. The highest BCUT2D eigenvalue weighted by atomic mass is 35.5. The fourth-order valence-electron chi connectivity index (χ4n) is 2.78. The number of rotatable bonds is 6. The van der Waals surface area contributed by atoms with Crippen molar-refractivity contribution in [1.29, 1.82) is 0 Å². The summed E-state index contributed by atoms with van der Waals surface area (Å²) >= 11 is 11.2. The molecule has 0 aromatic heterocycles. The number of benzene rings is 2. The highest BCUT2D eigenvalue weighted by Crippen LogP contribution is 2.31. The molecular formula is C21H16ClN2O6S-. The van der Waals surface area contributed by atoms with Gasteiger partial charge in [-0.25, -0.2) is 0 Å². The number of aliphatic carboxylic acids is 1. The molecule has 0 aliphatic carbocycles. The number of hydrogen-bond donors (Lipinski definition) is 1. The lowest BCUT2D eigenvalue weighted by Crippen LogP contribution is -2.54. The number of hydrogen-bond acceptors (Lipinski definition) is 7. The van der Waals surface area contributed by atoms with Gasteiger partial charge in [0, 0.05) is 5.02 Å². The summed E-state index contributed by atoms with van der Waals surface area (Å²) in [5.41, 5.74) is 0.695. The van der Waals surface area contributed by atoms with Gasteiger partial charge in [-0.1, -0.05) is 23.7 Å². The Morgan fingerprint density at radius 2 is 1.97 bits per heavy atom. The van der Waals surface area contributed by atoms with Gasteiger partial charge in [0.25, 0.3) is 11.8 Å². The third-order valence-corrected chi connectivity index (χ3v) is 4.82. The molecule has 1 heterocycles. The van der Waals surface area contributed by atoms with Crippen LogP contribution in [0.2, 0.25) is 5.02 Å². The number of ether oxygens (including phenoxy) is 2. The average Bonchev–Trinajstić information content (AvgIpc) is 2.71. The van der Waals surface area contributed by atoms with Crippen LogP contribution in [0.4, 0.5) is 5.69 Å². The molecule has 31 heavy (non-hydrogen) atoms. The molecule has 3 rings (SSSR count). The zero-order chi connectivity index (χ0) is 22.7. The number of nitrogens with zero attached hydrogens (tertiary/aromatic N) is 1. The Morgan fingerprint density at radius 3 is 2.61 bits per heavy atom. The van der Waals surface area contributed by atoms with Crippen LogP contribution in [-0.2, 0) is 14.4 Å². The van der Waals surface area contributed by atoms with Crippen LogP contribution in [0, 0.1) is 0 Å². The van der Waals surface area contributed by atoms with E-state index < -0.39 is 23.9 Å². The van der Waals surface area contributed by atoms with Crippen molar-refractivity contribution in [2.24, 2.45) is 0 Å². The molecule has 1 N–H and O–H groups in total. The molecule has 0 bridgehead atoms. The molecule has 0 radical (unpaired) electrons. The molecule has 1 atom stereocenters. The minimum atomic E-state index is -1.38. The van der Waals surface area contributed by atoms with Gasteiger partial charge in [-0.3, -0.25) is 19.8 Å². The Kier molecular flexibility index (Phi) is 6.57. The van der Waals surface area contributed by atoms with Gasteiger partial charge in [-0.2, -0.15) is 0 Å². The second kappa shape index (κ2) is 9.15. The summed E-state index contributed by atoms with van der Waals surface area (Å²) in [7, 11) is 1.38. The maximum Gasteiger partial charge on any atom is 0.270 e. The lowest BCUT2D eigenvalue weighted by molar-refractivity contribution is -0.312. The molecule has 2 aromatic rings. The topological polar surface area (TPSA) is 108 Å². The molecule has 0 unspecified atom stereocenters. The van der Waals surface area contributed by atoms with Crippen LogP contribution in [0.15, 0.2) is 48.0 Å². The number of carbonyl (C=O) groups excluding carboxylic acids is 3. The van der Waals surface area contributed by atoms with Gasteiger partial charge >= 0.3 is 0 Å². The van der Waals surface area contributed by atoms with E-state index in [-0.39, 0.29) is 22.2 Å². The molecule has 1 aliphatic heterocycles. The van der Waals surface area contributed by atoms with Crippen molar-refractivity contribution >= 4 is 58.5 Å². The van der Waals surface area contributed by atoms with Gasteiger partial charge in [0.2, 0.25) is 0 Å². The highest BCUT2D eigenvalue weighted by Gasteiger charge is 2.34. The summed E-state index contributed by atoms with van der Waals surface area (Å²) in [5, 5.41) is 13.7. The Morgan fingerprint density at radius 1 is 1.23 bits per heavy atom.